The van der Waals surface area contributed by atoms with Gasteiger partial charge in [-0.15, -0.1) is 0 Å². The van der Waals surface area contributed by atoms with Crippen molar-refractivity contribution in [2.45, 2.75) is 58.4 Å². The highest BCUT2D eigenvalue weighted by molar-refractivity contribution is 5.82. The summed E-state index contributed by atoms with van der Waals surface area (Å²) in [7, 11) is 0. The number of nitrogens with two attached hydrogens (primary N) is 1. The van der Waals surface area contributed by atoms with E-state index in [1.54, 1.807) is 17.0 Å². The normalized spacial score (nSPS) is 11.7. The Bertz CT molecular complexity index is 1610. The van der Waals surface area contributed by atoms with Gasteiger partial charge in [-0.3, -0.25) is 19.4 Å². The number of para-hydroxylation sites is 1. The summed E-state index contributed by atoms with van der Waals surface area (Å²) in [6.07, 6.45) is 3.61. The molecule has 0 spiro atoms. The van der Waals surface area contributed by atoms with Crippen LogP contribution in [0.5, 0.6) is 0 Å². The topological polar surface area (TPSA) is 172 Å². The Morgan fingerprint density at radius 2 is 1.88 bits per heavy atom. The van der Waals surface area contributed by atoms with Crippen molar-refractivity contribution < 1.29 is 10.0 Å². The van der Waals surface area contributed by atoms with Gasteiger partial charge in [-0.2, -0.15) is 10.2 Å². The summed E-state index contributed by atoms with van der Waals surface area (Å²) in [5.74, 6) is 0.407. The van der Waals surface area contributed by atoms with E-state index in [0.717, 1.165) is 18.4 Å². The quantitative estimate of drug-likeness (QED) is 0.124. The van der Waals surface area contributed by atoms with Crippen LogP contribution in [0.25, 0.3) is 16.6 Å². The summed E-state index contributed by atoms with van der Waals surface area (Å²) in [4.78, 5) is 38.8. The molecule has 4 rings (SSSR count). The van der Waals surface area contributed by atoms with Gasteiger partial charge in [-0.1, -0.05) is 43.7 Å². The summed E-state index contributed by atoms with van der Waals surface area (Å²) in [5.41, 5.74) is 10.2. The first kappa shape index (κ1) is 28.2. The molecule has 40 heavy (non-hydrogen) atoms. The largest absolute Gasteiger partial charge is 0.368 e. The lowest BCUT2D eigenvalue weighted by Gasteiger charge is -2.23. The predicted molar refractivity (Wildman–Crippen MR) is 152 cm³/mol. The van der Waals surface area contributed by atoms with Gasteiger partial charge in [0.2, 0.25) is 11.9 Å². The first-order valence-corrected chi connectivity index (χ1v) is 13.2. The highest BCUT2D eigenvalue weighted by atomic mass is 16.5. The average Bonchev–Trinajstić information content (AvgIpc) is 2.95. The minimum Gasteiger partial charge on any atom is -0.368 e. The molecule has 0 unspecified atom stereocenters. The van der Waals surface area contributed by atoms with Crippen LogP contribution in [0.15, 0.2) is 53.3 Å². The minimum absolute atomic E-state index is 0.0439. The van der Waals surface area contributed by atoms with E-state index in [4.69, 9.17) is 15.9 Å². The van der Waals surface area contributed by atoms with Crippen molar-refractivity contribution in [2.24, 2.45) is 0 Å². The summed E-state index contributed by atoms with van der Waals surface area (Å²) in [6.45, 7) is 3.65. The number of carbonyl (C=O) groups excluding carboxylic acids is 1. The molecule has 1 amide bonds. The van der Waals surface area contributed by atoms with Gasteiger partial charge < -0.3 is 11.1 Å². The number of hydroxylamine groups is 1. The lowest BCUT2D eigenvalue weighted by molar-refractivity contribution is -0.129. The standard InChI is InChI=1S/C29H32N8O3/c1-3-22(33-26-21(17-30)18(2)32-29(31)35-26)27-34-23-15-10-12-19(11-6-4-9-16-24(38)36-40)25(23)28(39)37(27)20-13-7-5-8-14-20/h5,7-8,10,12-15,22,40H,3-4,6,9,11,16H2,1-2H3,(H,36,38)(H3,31,32,33,35)/t22-/m0/s1. The van der Waals surface area contributed by atoms with E-state index >= 15 is 0 Å². The second-order valence-corrected chi connectivity index (χ2v) is 9.46. The number of nitrogen functional groups attached to an aromatic ring is 1. The molecule has 2 aromatic carbocycles. The molecule has 0 radical (unpaired) electrons. The molecule has 11 heteroatoms. The summed E-state index contributed by atoms with van der Waals surface area (Å²) >= 11 is 0. The molecule has 0 aliphatic carbocycles. The molecular formula is C29H32N8O3. The van der Waals surface area contributed by atoms with Crippen LogP contribution in [0.2, 0.25) is 0 Å². The van der Waals surface area contributed by atoms with Gasteiger partial charge in [-0.05, 0) is 56.4 Å². The number of rotatable bonds is 11. The Balaban J connectivity index is 1.79. The van der Waals surface area contributed by atoms with Gasteiger partial charge in [0.05, 0.1) is 28.3 Å². The lowest BCUT2D eigenvalue weighted by Crippen LogP contribution is -2.29. The fourth-order valence-corrected chi connectivity index (χ4v) is 4.77. The monoisotopic (exact) mass is 540 g/mol. The summed E-state index contributed by atoms with van der Waals surface area (Å²) < 4.78 is 1.61. The van der Waals surface area contributed by atoms with Gasteiger partial charge in [0.1, 0.15) is 23.3 Å². The first-order chi connectivity index (χ1) is 19.4. The van der Waals surface area contributed by atoms with E-state index in [1.165, 1.54) is 0 Å². The van der Waals surface area contributed by atoms with E-state index in [-0.39, 0.29) is 29.3 Å². The number of amides is 1. The number of hydrogen-bond donors (Lipinski definition) is 4. The minimum atomic E-state index is -0.473. The Morgan fingerprint density at radius 1 is 1.10 bits per heavy atom. The fourth-order valence-electron chi connectivity index (χ4n) is 4.77. The zero-order chi connectivity index (χ0) is 28.6. The van der Waals surface area contributed by atoms with Crippen LogP contribution in [0.3, 0.4) is 0 Å². The van der Waals surface area contributed by atoms with Gasteiger partial charge in [0.15, 0.2) is 0 Å². The molecular weight excluding hydrogens is 508 g/mol. The third-order valence-electron chi connectivity index (χ3n) is 6.75. The number of aryl methyl sites for hydroxylation is 2. The SMILES string of the molecule is CC[C@H](Nc1nc(N)nc(C)c1C#N)c1nc2cccc(CCCCCC(=O)NO)c2c(=O)n1-c1ccccc1. The molecule has 1 atom stereocenters. The zero-order valence-electron chi connectivity index (χ0n) is 22.5. The molecule has 0 aliphatic rings. The number of benzene rings is 2. The molecule has 2 aromatic heterocycles. The molecule has 11 nitrogen and oxygen atoms in total. The van der Waals surface area contributed by atoms with Gasteiger partial charge in [0.25, 0.3) is 5.56 Å². The van der Waals surface area contributed by atoms with Crippen molar-refractivity contribution in [3.8, 4) is 11.8 Å². The molecule has 2 heterocycles. The number of fused-ring (bicyclic) bond motifs is 1. The van der Waals surface area contributed by atoms with E-state index < -0.39 is 11.9 Å². The third-order valence-corrected chi connectivity index (χ3v) is 6.75. The van der Waals surface area contributed by atoms with Gasteiger partial charge >= 0.3 is 0 Å². The number of hydrogen-bond acceptors (Lipinski definition) is 9. The van der Waals surface area contributed by atoms with E-state index in [2.05, 4.69) is 21.4 Å². The van der Waals surface area contributed by atoms with Crippen LogP contribution in [-0.2, 0) is 11.2 Å². The van der Waals surface area contributed by atoms with Crippen LogP contribution in [0, 0.1) is 18.3 Å². The highest BCUT2D eigenvalue weighted by Crippen LogP contribution is 2.27. The maximum atomic E-state index is 14.2. The zero-order valence-corrected chi connectivity index (χ0v) is 22.5. The third kappa shape index (κ3) is 6.08. The van der Waals surface area contributed by atoms with Crippen molar-refractivity contribution in [1.82, 2.24) is 25.0 Å². The molecule has 0 fully saturated rings. The number of aromatic nitrogens is 4. The predicted octanol–water partition coefficient (Wildman–Crippen LogP) is 4.11. The van der Waals surface area contributed by atoms with Crippen LogP contribution in [-0.4, -0.2) is 30.6 Å². The Kier molecular flexibility index (Phi) is 9.04. The molecule has 206 valence electrons. The molecule has 0 saturated carbocycles. The smallest absolute Gasteiger partial charge is 0.266 e. The fraction of sp³-hybridized carbons (Fsp3) is 0.310. The Hall–Kier alpha value is -4.82. The number of nitrogens with one attached hydrogen (secondary N) is 2. The molecule has 0 saturated heterocycles. The van der Waals surface area contributed by atoms with Crippen molar-refractivity contribution >= 4 is 28.6 Å². The average molecular weight is 541 g/mol. The molecule has 0 aliphatic heterocycles. The first-order valence-electron chi connectivity index (χ1n) is 13.2. The number of carbonyl (C=O) groups is 1. The summed E-state index contributed by atoms with van der Waals surface area (Å²) in [5, 5.41) is 22.2. The molecule has 0 bridgehead atoms. The van der Waals surface area contributed by atoms with Gasteiger partial charge in [-0.25, -0.2) is 15.4 Å². The van der Waals surface area contributed by atoms with Crippen molar-refractivity contribution in [3.05, 3.63) is 81.5 Å². The number of anilines is 2. The maximum Gasteiger partial charge on any atom is 0.266 e. The van der Waals surface area contributed by atoms with E-state index in [0.29, 0.717) is 47.4 Å². The number of unbranched alkanes of at least 4 members (excludes halogenated alkanes) is 2. The number of nitriles is 1. The van der Waals surface area contributed by atoms with Gasteiger partial charge in [0, 0.05) is 6.42 Å². The summed E-state index contributed by atoms with van der Waals surface area (Å²) in [6, 6.07) is 16.6. The van der Waals surface area contributed by atoms with Crippen LogP contribution < -0.4 is 22.1 Å². The lowest BCUT2D eigenvalue weighted by atomic mass is 10.0. The van der Waals surface area contributed by atoms with E-state index in [1.807, 2.05) is 55.5 Å². The maximum absolute atomic E-state index is 14.2. The van der Waals surface area contributed by atoms with E-state index in [9.17, 15) is 14.9 Å². The second kappa shape index (κ2) is 12.8. The molecule has 4 aromatic rings. The molecule has 5 N–H and O–H groups in total. The van der Waals surface area contributed by atoms with Crippen molar-refractivity contribution in [1.29, 1.82) is 5.26 Å². The highest BCUT2D eigenvalue weighted by Gasteiger charge is 2.23. The Morgan fingerprint density at radius 3 is 2.58 bits per heavy atom. The second-order valence-electron chi connectivity index (χ2n) is 9.46. The van der Waals surface area contributed by atoms with Crippen LogP contribution >= 0.6 is 0 Å². The van der Waals surface area contributed by atoms with Crippen molar-refractivity contribution in [2.75, 3.05) is 11.1 Å². The number of nitrogens with zero attached hydrogens (tertiary/aromatic N) is 5. The van der Waals surface area contributed by atoms with Crippen LogP contribution in [0.4, 0.5) is 11.8 Å². The van der Waals surface area contributed by atoms with Crippen LogP contribution in [0.1, 0.15) is 67.7 Å². The Labute approximate surface area is 231 Å². The van der Waals surface area contributed by atoms with Crippen molar-refractivity contribution in [3.63, 3.8) is 0 Å².